The summed E-state index contributed by atoms with van der Waals surface area (Å²) in [6, 6.07) is 0. The van der Waals surface area contributed by atoms with Crippen LogP contribution in [0.3, 0.4) is 0 Å². The van der Waals surface area contributed by atoms with Gasteiger partial charge in [-0.1, -0.05) is 0 Å². The van der Waals surface area contributed by atoms with Crippen molar-refractivity contribution in [1.29, 1.82) is 0 Å². The zero-order valence-electron chi connectivity index (χ0n) is 8.29. The van der Waals surface area contributed by atoms with Gasteiger partial charge in [-0.15, -0.1) is 0 Å². The van der Waals surface area contributed by atoms with E-state index >= 15 is 0 Å². The maximum Gasteiger partial charge on any atom is 0.156 e. The minimum atomic E-state index is -2.83. The standard InChI is InChI=1S/C8H16N2O2S/c1-8(2,3)10-9-7-4-5-13(11,12)6-7/h10H,4-6H2,1-3H3/b9-7+. The van der Waals surface area contributed by atoms with Crippen molar-refractivity contribution in [3.05, 3.63) is 0 Å². The van der Waals surface area contributed by atoms with Crippen LogP contribution in [0.4, 0.5) is 0 Å². The van der Waals surface area contributed by atoms with Crippen LogP contribution in [0.5, 0.6) is 0 Å². The molecule has 0 amide bonds. The van der Waals surface area contributed by atoms with E-state index in [-0.39, 0.29) is 17.0 Å². The van der Waals surface area contributed by atoms with Gasteiger partial charge in [0.05, 0.1) is 17.2 Å². The molecule has 1 aliphatic rings. The van der Waals surface area contributed by atoms with Crippen LogP contribution in [0.1, 0.15) is 27.2 Å². The van der Waals surface area contributed by atoms with E-state index < -0.39 is 9.84 Å². The first-order chi connectivity index (χ1) is 5.79. The molecule has 76 valence electrons. The molecule has 13 heavy (non-hydrogen) atoms. The van der Waals surface area contributed by atoms with Gasteiger partial charge in [-0.2, -0.15) is 5.10 Å². The Kier molecular flexibility index (Phi) is 2.66. The molecule has 0 unspecified atom stereocenters. The first-order valence-electron chi connectivity index (χ1n) is 4.32. The van der Waals surface area contributed by atoms with Crippen molar-refractivity contribution in [2.45, 2.75) is 32.7 Å². The fourth-order valence-corrected chi connectivity index (χ4v) is 2.41. The molecule has 1 saturated heterocycles. The molecule has 0 aromatic carbocycles. The van der Waals surface area contributed by atoms with Crippen molar-refractivity contribution in [2.24, 2.45) is 5.10 Å². The fraction of sp³-hybridized carbons (Fsp3) is 0.875. The number of hydrogen-bond acceptors (Lipinski definition) is 4. The predicted molar refractivity (Wildman–Crippen MR) is 53.6 cm³/mol. The second-order valence-corrected chi connectivity index (χ2v) is 6.57. The molecule has 1 aliphatic heterocycles. The summed E-state index contributed by atoms with van der Waals surface area (Å²) in [7, 11) is -2.83. The summed E-state index contributed by atoms with van der Waals surface area (Å²) in [5, 5.41) is 4.08. The number of nitrogens with zero attached hydrogens (tertiary/aromatic N) is 1. The molecular weight excluding hydrogens is 188 g/mol. The average Bonchev–Trinajstić information content (AvgIpc) is 2.24. The summed E-state index contributed by atoms with van der Waals surface area (Å²) >= 11 is 0. The van der Waals surface area contributed by atoms with Gasteiger partial charge in [0.15, 0.2) is 9.84 Å². The van der Waals surface area contributed by atoms with E-state index in [1.165, 1.54) is 0 Å². The summed E-state index contributed by atoms with van der Waals surface area (Å²) in [5.74, 6) is 0.369. The summed E-state index contributed by atoms with van der Waals surface area (Å²) in [6.07, 6.45) is 0.575. The van der Waals surface area contributed by atoms with Crippen LogP contribution in [0, 0.1) is 0 Å². The molecule has 1 N–H and O–H groups in total. The van der Waals surface area contributed by atoms with Gasteiger partial charge in [0.1, 0.15) is 0 Å². The van der Waals surface area contributed by atoms with Gasteiger partial charge in [-0.25, -0.2) is 8.42 Å². The van der Waals surface area contributed by atoms with Gasteiger partial charge in [0.2, 0.25) is 0 Å². The van der Waals surface area contributed by atoms with Crippen molar-refractivity contribution in [1.82, 2.24) is 5.43 Å². The molecule has 0 aromatic rings. The second-order valence-electron chi connectivity index (χ2n) is 4.38. The lowest BCUT2D eigenvalue weighted by Gasteiger charge is -2.17. The molecule has 0 aromatic heterocycles. The maximum absolute atomic E-state index is 11.1. The first-order valence-corrected chi connectivity index (χ1v) is 6.14. The van der Waals surface area contributed by atoms with E-state index in [2.05, 4.69) is 10.5 Å². The Morgan fingerprint density at radius 3 is 2.38 bits per heavy atom. The Morgan fingerprint density at radius 2 is 2.00 bits per heavy atom. The normalized spacial score (nSPS) is 25.0. The van der Waals surface area contributed by atoms with Gasteiger partial charge in [-0.05, 0) is 20.8 Å². The highest BCUT2D eigenvalue weighted by atomic mass is 32.2. The van der Waals surface area contributed by atoms with Gasteiger partial charge in [0.25, 0.3) is 0 Å². The third kappa shape index (κ3) is 3.76. The number of nitrogens with one attached hydrogen (secondary N) is 1. The van der Waals surface area contributed by atoms with E-state index in [0.29, 0.717) is 6.42 Å². The quantitative estimate of drug-likeness (QED) is 0.634. The summed E-state index contributed by atoms with van der Waals surface area (Å²) in [5.41, 5.74) is 3.57. The smallest absolute Gasteiger partial charge is 0.156 e. The molecule has 4 nitrogen and oxygen atoms in total. The van der Waals surface area contributed by atoms with Gasteiger partial charge in [-0.3, -0.25) is 0 Å². The van der Waals surface area contributed by atoms with E-state index in [9.17, 15) is 8.42 Å². The molecule has 0 bridgehead atoms. The van der Waals surface area contributed by atoms with Crippen molar-refractivity contribution >= 4 is 15.5 Å². The van der Waals surface area contributed by atoms with Crippen LogP contribution in [0.25, 0.3) is 0 Å². The van der Waals surface area contributed by atoms with E-state index in [0.717, 1.165) is 5.71 Å². The van der Waals surface area contributed by atoms with Gasteiger partial charge >= 0.3 is 0 Å². The Labute approximate surface area is 79.3 Å². The number of hydrogen-bond donors (Lipinski definition) is 1. The summed E-state index contributed by atoms with van der Waals surface area (Å²) in [6.45, 7) is 5.96. The molecule has 1 heterocycles. The van der Waals surface area contributed by atoms with Crippen LogP contribution < -0.4 is 5.43 Å². The molecule has 5 heteroatoms. The second kappa shape index (κ2) is 3.29. The number of hydrazone groups is 1. The largest absolute Gasteiger partial charge is 0.305 e. The average molecular weight is 204 g/mol. The third-order valence-corrected chi connectivity index (χ3v) is 3.24. The van der Waals surface area contributed by atoms with Crippen LogP contribution in [-0.4, -0.2) is 31.2 Å². The topological polar surface area (TPSA) is 58.5 Å². The van der Waals surface area contributed by atoms with Crippen molar-refractivity contribution in [3.63, 3.8) is 0 Å². The predicted octanol–water partition coefficient (Wildman–Crippen LogP) is 0.549. The van der Waals surface area contributed by atoms with Crippen molar-refractivity contribution < 1.29 is 8.42 Å². The molecule has 0 atom stereocenters. The highest BCUT2D eigenvalue weighted by Crippen LogP contribution is 2.08. The lowest BCUT2D eigenvalue weighted by Crippen LogP contribution is -2.32. The SMILES string of the molecule is CC(C)(C)N/N=C1\CCS(=O)(=O)C1. The Balaban J connectivity index is 2.57. The molecular formula is C8H16N2O2S. The minimum absolute atomic E-state index is 0.0979. The first kappa shape index (κ1) is 10.5. The number of rotatable bonds is 1. The van der Waals surface area contributed by atoms with E-state index in [4.69, 9.17) is 0 Å². The van der Waals surface area contributed by atoms with Gasteiger partial charge in [0, 0.05) is 12.0 Å². The highest BCUT2D eigenvalue weighted by Gasteiger charge is 2.24. The highest BCUT2D eigenvalue weighted by molar-refractivity contribution is 7.92. The summed E-state index contributed by atoms with van der Waals surface area (Å²) < 4.78 is 22.1. The van der Waals surface area contributed by atoms with Crippen LogP contribution in [0.15, 0.2) is 5.10 Å². The van der Waals surface area contributed by atoms with Crippen molar-refractivity contribution in [3.8, 4) is 0 Å². The molecule has 0 spiro atoms. The van der Waals surface area contributed by atoms with Gasteiger partial charge < -0.3 is 5.43 Å². The molecule has 0 saturated carbocycles. The maximum atomic E-state index is 11.1. The molecule has 1 rings (SSSR count). The van der Waals surface area contributed by atoms with Crippen LogP contribution in [-0.2, 0) is 9.84 Å². The Bertz CT molecular complexity index is 312. The van der Waals surface area contributed by atoms with Crippen LogP contribution >= 0.6 is 0 Å². The Morgan fingerprint density at radius 1 is 1.38 bits per heavy atom. The Hall–Kier alpha value is -0.580. The minimum Gasteiger partial charge on any atom is -0.305 e. The van der Waals surface area contributed by atoms with Crippen LogP contribution in [0.2, 0.25) is 0 Å². The molecule has 0 aliphatic carbocycles. The third-order valence-electron chi connectivity index (χ3n) is 1.64. The monoisotopic (exact) mass is 204 g/mol. The summed E-state index contributed by atoms with van der Waals surface area (Å²) in [4.78, 5) is 0. The van der Waals surface area contributed by atoms with E-state index in [1.54, 1.807) is 0 Å². The molecule has 0 radical (unpaired) electrons. The molecule has 1 fully saturated rings. The lowest BCUT2D eigenvalue weighted by atomic mass is 10.1. The fourth-order valence-electron chi connectivity index (χ4n) is 1.01. The number of sulfone groups is 1. The zero-order chi connectivity index (χ0) is 10.1. The lowest BCUT2D eigenvalue weighted by molar-refractivity contribution is 0.440. The zero-order valence-corrected chi connectivity index (χ0v) is 9.11. The van der Waals surface area contributed by atoms with Crippen molar-refractivity contribution in [2.75, 3.05) is 11.5 Å². The van der Waals surface area contributed by atoms with E-state index in [1.807, 2.05) is 20.8 Å².